The van der Waals surface area contributed by atoms with E-state index in [-0.39, 0.29) is 11.4 Å². The Labute approximate surface area is 120 Å². The molecule has 1 N–H and O–H groups in total. The Hall–Kier alpha value is -1.04. The second kappa shape index (κ2) is 5.53. The van der Waals surface area contributed by atoms with Gasteiger partial charge in [0.15, 0.2) is 0 Å². The minimum atomic E-state index is -0.354. The van der Waals surface area contributed by atoms with Gasteiger partial charge in [0.1, 0.15) is 15.8 Å². The van der Waals surface area contributed by atoms with Gasteiger partial charge in [0.25, 0.3) is 0 Å². The minimum Gasteiger partial charge on any atom is -0.306 e. The summed E-state index contributed by atoms with van der Waals surface area (Å²) in [6.45, 7) is 6.92. The zero-order chi connectivity index (χ0) is 14.0. The van der Waals surface area contributed by atoms with E-state index in [2.05, 4.69) is 36.3 Å². The first kappa shape index (κ1) is 14.4. The van der Waals surface area contributed by atoms with Crippen LogP contribution in [0.4, 0.5) is 4.39 Å². The van der Waals surface area contributed by atoms with Crippen LogP contribution >= 0.6 is 22.9 Å². The molecule has 0 spiro atoms. The van der Waals surface area contributed by atoms with Gasteiger partial charge in [-0.05, 0) is 39.0 Å². The number of hydrogen-bond acceptors (Lipinski definition) is 4. The number of rotatable bonds is 3. The molecule has 0 unspecified atom stereocenters. The van der Waals surface area contributed by atoms with E-state index in [0.29, 0.717) is 22.1 Å². The van der Waals surface area contributed by atoms with Gasteiger partial charge >= 0.3 is 0 Å². The molecule has 0 amide bonds. The van der Waals surface area contributed by atoms with E-state index in [4.69, 9.17) is 11.6 Å². The molecule has 0 aliphatic heterocycles. The molecule has 1 aromatic carbocycles. The average Bonchev–Trinajstić information content (AvgIpc) is 2.74. The van der Waals surface area contributed by atoms with Crippen LogP contribution in [0.5, 0.6) is 0 Å². The zero-order valence-corrected chi connectivity index (χ0v) is 12.6. The van der Waals surface area contributed by atoms with Crippen molar-refractivity contribution in [2.24, 2.45) is 0 Å². The van der Waals surface area contributed by atoms with Crippen molar-refractivity contribution in [1.29, 1.82) is 0 Å². The van der Waals surface area contributed by atoms with Crippen LogP contribution in [0.1, 0.15) is 25.8 Å². The Kier molecular flexibility index (Phi) is 4.18. The van der Waals surface area contributed by atoms with Crippen LogP contribution in [-0.2, 0) is 6.54 Å². The molecule has 1 heterocycles. The molecule has 102 valence electrons. The number of benzene rings is 1. The van der Waals surface area contributed by atoms with Gasteiger partial charge < -0.3 is 5.32 Å². The predicted octanol–water partition coefficient (Wildman–Crippen LogP) is 3.89. The number of hydrogen-bond donors (Lipinski definition) is 1. The largest absolute Gasteiger partial charge is 0.306 e. The SMILES string of the molecule is CC(C)(C)NCc1nnc(-c2ccc(F)cc2Cl)s1. The first-order valence-electron chi connectivity index (χ1n) is 5.88. The van der Waals surface area contributed by atoms with Crippen molar-refractivity contribution in [1.82, 2.24) is 15.5 Å². The highest BCUT2D eigenvalue weighted by atomic mass is 35.5. The van der Waals surface area contributed by atoms with Crippen molar-refractivity contribution in [3.63, 3.8) is 0 Å². The highest BCUT2D eigenvalue weighted by Crippen LogP contribution is 2.30. The third-order valence-electron chi connectivity index (χ3n) is 2.40. The summed E-state index contributed by atoms with van der Waals surface area (Å²) in [6.07, 6.45) is 0. The van der Waals surface area contributed by atoms with Gasteiger partial charge in [-0.3, -0.25) is 0 Å². The molecule has 3 nitrogen and oxygen atoms in total. The summed E-state index contributed by atoms with van der Waals surface area (Å²) in [6, 6.07) is 4.28. The monoisotopic (exact) mass is 299 g/mol. The second-order valence-electron chi connectivity index (χ2n) is 5.23. The maximum atomic E-state index is 13.0. The Bertz CT molecular complexity index is 578. The second-order valence-corrected chi connectivity index (χ2v) is 6.70. The quantitative estimate of drug-likeness (QED) is 0.934. The van der Waals surface area contributed by atoms with E-state index in [1.807, 2.05) is 0 Å². The summed E-state index contributed by atoms with van der Waals surface area (Å²) in [5.74, 6) is -0.354. The van der Waals surface area contributed by atoms with E-state index in [1.165, 1.54) is 23.5 Å². The molecule has 1 aromatic heterocycles. The summed E-state index contributed by atoms with van der Waals surface area (Å²) < 4.78 is 13.0. The molecule has 0 saturated carbocycles. The third-order valence-corrected chi connectivity index (χ3v) is 3.67. The molecule has 0 fully saturated rings. The van der Waals surface area contributed by atoms with Crippen LogP contribution < -0.4 is 5.32 Å². The van der Waals surface area contributed by atoms with Crippen LogP contribution in [0.25, 0.3) is 10.6 Å². The fraction of sp³-hybridized carbons (Fsp3) is 0.385. The van der Waals surface area contributed by atoms with Crippen LogP contribution in [0, 0.1) is 5.82 Å². The fourth-order valence-corrected chi connectivity index (χ4v) is 2.57. The Morgan fingerprint density at radius 2 is 2.05 bits per heavy atom. The van der Waals surface area contributed by atoms with Crippen LogP contribution in [-0.4, -0.2) is 15.7 Å². The maximum absolute atomic E-state index is 13.0. The molecule has 6 heteroatoms. The first-order valence-corrected chi connectivity index (χ1v) is 7.07. The molecule has 0 saturated heterocycles. The summed E-state index contributed by atoms with van der Waals surface area (Å²) in [5, 5.41) is 13.5. The molecule has 0 aliphatic rings. The molecule has 2 rings (SSSR count). The lowest BCUT2D eigenvalue weighted by molar-refractivity contribution is 0.423. The summed E-state index contributed by atoms with van der Waals surface area (Å²) in [7, 11) is 0. The molecule has 0 bridgehead atoms. The standard InChI is InChI=1S/C13H15ClFN3S/c1-13(2,3)16-7-11-17-18-12(19-11)9-5-4-8(15)6-10(9)14/h4-6,16H,7H2,1-3H3. The molecule has 0 radical (unpaired) electrons. The predicted molar refractivity (Wildman–Crippen MR) is 76.9 cm³/mol. The summed E-state index contributed by atoms with van der Waals surface area (Å²) >= 11 is 7.46. The van der Waals surface area contributed by atoms with Crippen molar-refractivity contribution in [2.45, 2.75) is 32.9 Å². The van der Waals surface area contributed by atoms with E-state index in [0.717, 1.165) is 5.01 Å². The average molecular weight is 300 g/mol. The highest BCUT2D eigenvalue weighted by molar-refractivity contribution is 7.14. The summed E-state index contributed by atoms with van der Waals surface area (Å²) in [5.41, 5.74) is 0.738. The lowest BCUT2D eigenvalue weighted by Gasteiger charge is -2.19. The molecule has 19 heavy (non-hydrogen) atoms. The van der Waals surface area contributed by atoms with Gasteiger partial charge in [-0.1, -0.05) is 22.9 Å². The normalized spacial score (nSPS) is 11.8. The minimum absolute atomic E-state index is 0.0271. The topological polar surface area (TPSA) is 37.8 Å². The van der Waals surface area contributed by atoms with Crippen LogP contribution in [0.2, 0.25) is 5.02 Å². The Balaban J connectivity index is 2.16. The van der Waals surface area contributed by atoms with Gasteiger partial charge in [0.2, 0.25) is 0 Å². The number of nitrogens with one attached hydrogen (secondary N) is 1. The molecular weight excluding hydrogens is 285 g/mol. The van der Waals surface area contributed by atoms with Crippen molar-refractivity contribution >= 4 is 22.9 Å². The lowest BCUT2D eigenvalue weighted by atomic mass is 10.1. The van der Waals surface area contributed by atoms with Crippen LogP contribution in [0.15, 0.2) is 18.2 Å². The van der Waals surface area contributed by atoms with Gasteiger partial charge in [-0.25, -0.2) is 4.39 Å². The van der Waals surface area contributed by atoms with E-state index >= 15 is 0 Å². The van der Waals surface area contributed by atoms with Gasteiger partial charge in [0, 0.05) is 11.1 Å². The molecule has 2 aromatic rings. The zero-order valence-electron chi connectivity index (χ0n) is 11.0. The van der Waals surface area contributed by atoms with Crippen molar-refractivity contribution in [3.05, 3.63) is 34.0 Å². The lowest BCUT2D eigenvalue weighted by Crippen LogP contribution is -2.35. The highest BCUT2D eigenvalue weighted by Gasteiger charge is 2.13. The number of aromatic nitrogens is 2. The molecular formula is C13H15ClFN3S. The van der Waals surface area contributed by atoms with Crippen molar-refractivity contribution in [3.8, 4) is 10.6 Å². The van der Waals surface area contributed by atoms with E-state index in [9.17, 15) is 4.39 Å². The maximum Gasteiger partial charge on any atom is 0.149 e. The Morgan fingerprint density at radius 1 is 1.32 bits per heavy atom. The van der Waals surface area contributed by atoms with Crippen molar-refractivity contribution < 1.29 is 4.39 Å². The van der Waals surface area contributed by atoms with Gasteiger partial charge in [-0.15, -0.1) is 10.2 Å². The fourth-order valence-electron chi connectivity index (χ4n) is 1.44. The van der Waals surface area contributed by atoms with Gasteiger partial charge in [-0.2, -0.15) is 0 Å². The van der Waals surface area contributed by atoms with Crippen molar-refractivity contribution in [2.75, 3.05) is 0 Å². The third kappa shape index (κ3) is 3.96. The summed E-state index contributed by atoms with van der Waals surface area (Å²) in [4.78, 5) is 0. The Morgan fingerprint density at radius 3 is 2.68 bits per heavy atom. The van der Waals surface area contributed by atoms with E-state index < -0.39 is 0 Å². The smallest absolute Gasteiger partial charge is 0.149 e. The van der Waals surface area contributed by atoms with Gasteiger partial charge in [0.05, 0.1) is 11.6 Å². The number of nitrogens with zero attached hydrogens (tertiary/aromatic N) is 2. The molecule has 0 aliphatic carbocycles. The number of halogens is 2. The first-order chi connectivity index (χ1) is 8.85. The molecule has 0 atom stereocenters. The van der Waals surface area contributed by atoms with E-state index in [1.54, 1.807) is 6.07 Å². The van der Waals surface area contributed by atoms with Crippen LogP contribution in [0.3, 0.4) is 0 Å².